The minimum absolute atomic E-state index is 0.0395. The predicted octanol–water partition coefficient (Wildman–Crippen LogP) is 2.55. The summed E-state index contributed by atoms with van der Waals surface area (Å²) in [5.74, 6) is -0.338. The Kier molecular flexibility index (Phi) is 8.96. The number of ether oxygens (including phenoxy) is 2. The van der Waals surface area contributed by atoms with Gasteiger partial charge in [-0.05, 0) is 31.7 Å². The third-order valence-corrected chi connectivity index (χ3v) is 3.95. The Morgan fingerprint density at radius 2 is 1.76 bits per heavy atom. The second-order valence-corrected chi connectivity index (χ2v) is 5.44. The van der Waals surface area contributed by atoms with Crippen LogP contribution < -0.4 is 0 Å². The molecule has 2 atom stereocenters. The number of benzene rings is 1. The van der Waals surface area contributed by atoms with Crippen LogP contribution in [0.15, 0.2) is 30.3 Å². The summed E-state index contributed by atoms with van der Waals surface area (Å²) in [6.07, 6.45) is 2.06. The number of carbonyl (C=O) groups is 2. The van der Waals surface area contributed by atoms with Gasteiger partial charge >= 0.3 is 18.2 Å². The number of rotatable bonds is 5. The molecule has 1 aromatic carbocycles. The van der Waals surface area contributed by atoms with Crippen LogP contribution >= 0.6 is 0 Å². The lowest BCUT2D eigenvalue weighted by Crippen LogP contribution is -2.45. The summed E-state index contributed by atoms with van der Waals surface area (Å²) in [6, 6.07) is 9.03. The summed E-state index contributed by atoms with van der Waals surface area (Å²) < 4.78 is 10.5. The number of likely N-dealkylation sites (tertiary alicyclic amines) is 1. The van der Waals surface area contributed by atoms with Gasteiger partial charge in [-0.2, -0.15) is 9.59 Å². The standard InChI is InChI=1S/C17H23NO4.CO2/c1-3-14-10-11-15(16(19)21-4-2)18(14)17(20)22-12-13-8-6-5-7-9-13;2-1-3/h5-9,14-15H,3-4,10-12H2,1-2H3;/t14-,15-;/m0./s1. The molecule has 1 heterocycles. The molecule has 0 radical (unpaired) electrons. The van der Waals surface area contributed by atoms with Crippen molar-refractivity contribution in [1.29, 1.82) is 0 Å². The summed E-state index contributed by atoms with van der Waals surface area (Å²) in [4.78, 5) is 42.2. The molecular weight excluding hydrogens is 326 g/mol. The molecule has 2 rings (SSSR count). The SMILES string of the molecule is CCOC(=O)[C@@H]1CC[C@H](CC)N1C(=O)OCc1ccccc1.O=C=O. The fourth-order valence-corrected chi connectivity index (χ4v) is 2.82. The zero-order valence-electron chi connectivity index (χ0n) is 14.5. The number of esters is 1. The van der Waals surface area contributed by atoms with Gasteiger partial charge in [0, 0.05) is 6.04 Å². The van der Waals surface area contributed by atoms with Crippen LogP contribution in [-0.2, 0) is 30.5 Å². The number of carbonyl (C=O) groups excluding carboxylic acids is 4. The quantitative estimate of drug-likeness (QED) is 0.759. The smallest absolute Gasteiger partial charge is 0.411 e. The summed E-state index contributed by atoms with van der Waals surface area (Å²) in [5, 5.41) is 0. The third-order valence-electron chi connectivity index (χ3n) is 3.95. The normalized spacial score (nSPS) is 18.6. The van der Waals surface area contributed by atoms with Crippen LogP contribution in [0.4, 0.5) is 4.79 Å². The molecule has 0 saturated carbocycles. The lowest BCUT2D eigenvalue weighted by atomic mass is 10.1. The van der Waals surface area contributed by atoms with E-state index in [1.807, 2.05) is 37.3 Å². The van der Waals surface area contributed by atoms with Crippen LogP contribution in [0, 0.1) is 0 Å². The zero-order chi connectivity index (χ0) is 18.7. The van der Waals surface area contributed by atoms with Crippen molar-refractivity contribution >= 4 is 18.2 Å². The zero-order valence-corrected chi connectivity index (χ0v) is 14.5. The number of hydrogen-bond acceptors (Lipinski definition) is 6. The molecule has 0 unspecified atom stereocenters. The van der Waals surface area contributed by atoms with Crippen molar-refractivity contribution in [3.63, 3.8) is 0 Å². The number of hydrogen-bond donors (Lipinski definition) is 0. The molecule has 0 aliphatic carbocycles. The Morgan fingerprint density at radius 1 is 1.12 bits per heavy atom. The second-order valence-electron chi connectivity index (χ2n) is 5.44. The van der Waals surface area contributed by atoms with Gasteiger partial charge in [-0.25, -0.2) is 9.59 Å². The maximum atomic E-state index is 12.4. The molecule has 1 aliphatic rings. The van der Waals surface area contributed by atoms with E-state index in [0.717, 1.165) is 18.4 Å². The van der Waals surface area contributed by atoms with Gasteiger partial charge in [-0.15, -0.1) is 0 Å². The van der Waals surface area contributed by atoms with Crippen LogP contribution in [0.2, 0.25) is 0 Å². The Bertz CT molecular complexity index is 582. The number of amides is 1. The Hall–Kier alpha value is -2.66. The molecule has 1 aliphatic heterocycles. The van der Waals surface area contributed by atoms with E-state index in [-0.39, 0.29) is 24.8 Å². The highest BCUT2D eigenvalue weighted by Crippen LogP contribution is 2.28. The highest BCUT2D eigenvalue weighted by molar-refractivity contribution is 5.82. The molecule has 1 aromatic rings. The fraction of sp³-hybridized carbons (Fsp3) is 0.500. The van der Waals surface area contributed by atoms with E-state index in [1.54, 1.807) is 11.8 Å². The minimum Gasteiger partial charge on any atom is -0.464 e. The van der Waals surface area contributed by atoms with Gasteiger partial charge in [0.2, 0.25) is 0 Å². The van der Waals surface area contributed by atoms with Crippen molar-refractivity contribution in [3.05, 3.63) is 35.9 Å². The summed E-state index contributed by atoms with van der Waals surface area (Å²) in [7, 11) is 0. The molecule has 25 heavy (non-hydrogen) atoms. The first-order chi connectivity index (χ1) is 12.1. The second kappa shape index (κ2) is 11.0. The molecule has 0 spiro atoms. The minimum atomic E-state index is -0.520. The molecule has 7 nitrogen and oxygen atoms in total. The van der Waals surface area contributed by atoms with Gasteiger partial charge in [-0.3, -0.25) is 4.90 Å². The number of nitrogens with zero attached hydrogens (tertiary/aromatic N) is 1. The Labute approximate surface area is 146 Å². The van der Waals surface area contributed by atoms with Crippen molar-refractivity contribution in [2.24, 2.45) is 0 Å². The summed E-state index contributed by atoms with van der Waals surface area (Å²) in [5.41, 5.74) is 0.927. The van der Waals surface area contributed by atoms with Crippen molar-refractivity contribution in [1.82, 2.24) is 4.90 Å². The highest BCUT2D eigenvalue weighted by Gasteiger charge is 2.41. The van der Waals surface area contributed by atoms with E-state index in [4.69, 9.17) is 19.1 Å². The van der Waals surface area contributed by atoms with E-state index < -0.39 is 12.1 Å². The summed E-state index contributed by atoms with van der Waals surface area (Å²) in [6.45, 7) is 4.30. The molecule has 136 valence electrons. The molecule has 0 aromatic heterocycles. The lowest BCUT2D eigenvalue weighted by molar-refractivity contribution is -0.191. The average molecular weight is 349 g/mol. The lowest BCUT2D eigenvalue weighted by Gasteiger charge is -2.27. The molecule has 7 heteroatoms. The first kappa shape index (κ1) is 20.4. The van der Waals surface area contributed by atoms with Crippen molar-refractivity contribution in [3.8, 4) is 0 Å². The molecule has 1 saturated heterocycles. The van der Waals surface area contributed by atoms with Crippen LogP contribution in [0.3, 0.4) is 0 Å². The molecule has 0 bridgehead atoms. The first-order valence-electron chi connectivity index (χ1n) is 8.23. The van der Waals surface area contributed by atoms with Crippen LogP contribution in [0.5, 0.6) is 0 Å². The molecule has 1 fully saturated rings. The van der Waals surface area contributed by atoms with Crippen molar-refractivity contribution in [2.75, 3.05) is 6.61 Å². The van der Waals surface area contributed by atoms with E-state index in [0.29, 0.717) is 13.0 Å². The average Bonchev–Trinajstić information content (AvgIpc) is 3.06. The fourth-order valence-electron chi connectivity index (χ4n) is 2.82. The van der Waals surface area contributed by atoms with Crippen molar-refractivity contribution < 1.29 is 28.7 Å². The van der Waals surface area contributed by atoms with Gasteiger partial charge in [-0.1, -0.05) is 37.3 Å². The van der Waals surface area contributed by atoms with Crippen LogP contribution in [-0.4, -0.2) is 41.8 Å². The topological polar surface area (TPSA) is 90.0 Å². The van der Waals surface area contributed by atoms with Gasteiger partial charge in [0.15, 0.2) is 0 Å². The summed E-state index contributed by atoms with van der Waals surface area (Å²) >= 11 is 0. The monoisotopic (exact) mass is 349 g/mol. The van der Waals surface area contributed by atoms with Crippen molar-refractivity contribution in [2.45, 2.75) is 51.8 Å². The van der Waals surface area contributed by atoms with Crippen LogP contribution in [0.1, 0.15) is 38.7 Å². The Balaban J connectivity index is 0.000000970. The first-order valence-corrected chi connectivity index (χ1v) is 8.23. The maximum absolute atomic E-state index is 12.4. The van der Waals surface area contributed by atoms with E-state index >= 15 is 0 Å². The van der Waals surface area contributed by atoms with Gasteiger partial charge in [0.25, 0.3) is 0 Å². The van der Waals surface area contributed by atoms with E-state index in [1.165, 1.54) is 0 Å². The maximum Gasteiger partial charge on any atom is 0.411 e. The molecule has 0 N–H and O–H groups in total. The van der Waals surface area contributed by atoms with Crippen LogP contribution in [0.25, 0.3) is 0 Å². The predicted molar refractivity (Wildman–Crippen MR) is 87.2 cm³/mol. The Morgan fingerprint density at radius 3 is 2.32 bits per heavy atom. The van der Waals surface area contributed by atoms with E-state index in [9.17, 15) is 9.59 Å². The molecule has 1 amide bonds. The van der Waals surface area contributed by atoms with Gasteiger partial charge < -0.3 is 9.47 Å². The highest BCUT2D eigenvalue weighted by atomic mass is 16.6. The third kappa shape index (κ3) is 6.04. The molecular formula is C18H23NO6. The largest absolute Gasteiger partial charge is 0.464 e. The van der Waals surface area contributed by atoms with Gasteiger partial charge in [0.1, 0.15) is 12.6 Å². The van der Waals surface area contributed by atoms with E-state index in [2.05, 4.69) is 0 Å². The van der Waals surface area contributed by atoms with Gasteiger partial charge in [0.05, 0.1) is 6.61 Å².